The van der Waals surface area contributed by atoms with Crippen molar-refractivity contribution in [1.29, 1.82) is 10.5 Å². The summed E-state index contributed by atoms with van der Waals surface area (Å²) in [5, 5.41) is 30.9. The topological polar surface area (TPSA) is 79.8 Å². The van der Waals surface area contributed by atoms with Gasteiger partial charge in [-0.2, -0.15) is 10.5 Å². The predicted molar refractivity (Wildman–Crippen MR) is 76.0 cm³/mol. The maximum absolute atomic E-state index is 9.81. The minimum absolute atomic E-state index is 0.115. The highest BCUT2D eigenvalue weighted by Gasteiger charge is 2.10. The van der Waals surface area contributed by atoms with Gasteiger partial charge in [-0.1, -0.05) is 18.2 Å². The highest BCUT2D eigenvalue weighted by atomic mass is 16.3. The lowest BCUT2D eigenvalue weighted by Crippen LogP contribution is -2.07. The molecule has 0 fully saturated rings. The lowest BCUT2D eigenvalue weighted by Gasteiger charge is -2.17. The maximum Gasteiger partial charge on any atom is 0.120 e. The first-order valence-electron chi connectivity index (χ1n) is 6.14. The molecule has 2 N–H and O–H groups in total. The molecule has 0 bridgehead atoms. The molecule has 98 valence electrons. The molecule has 0 aromatic heterocycles. The molecule has 0 amide bonds. The Labute approximate surface area is 117 Å². The summed E-state index contributed by atoms with van der Waals surface area (Å²) >= 11 is 0. The zero-order valence-electron chi connectivity index (χ0n) is 11.0. The lowest BCUT2D eigenvalue weighted by molar-refractivity contribution is 0.465. The van der Waals surface area contributed by atoms with Crippen molar-refractivity contribution in [2.24, 2.45) is 0 Å². The molecule has 0 saturated heterocycles. The number of phenols is 1. The zero-order chi connectivity index (χ0) is 14.5. The van der Waals surface area contributed by atoms with Crippen LogP contribution in [0.1, 0.15) is 29.7 Å². The Morgan fingerprint density at radius 2 is 1.75 bits per heavy atom. The number of rotatable bonds is 3. The van der Waals surface area contributed by atoms with Crippen molar-refractivity contribution in [2.75, 3.05) is 5.32 Å². The number of nitrogens with zero attached hydrogens (tertiary/aromatic N) is 2. The summed E-state index contributed by atoms with van der Waals surface area (Å²) in [4.78, 5) is 0. The first kappa shape index (κ1) is 13.5. The molecule has 0 aliphatic heterocycles. The van der Waals surface area contributed by atoms with Gasteiger partial charge in [-0.3, -0.25) is 0 Å². The van der Waals surface area contributed by atoms with E-state index in [1.54, 1.807) is 30.3 Å². The number of benzene rings is 2. The summed E-state index contributed by atoms with van der Waals surface area (Å²) in [6, 6.07) is 15.9. The van der Waals surface area contributed by atoms with Crippen molar-refractivity contribution in [3.8, 4) is 17.9 Å². The molecular weight excluding hydrogens is 250 g/mol. The second-order valence-corrected chi connectivity index (χ2v) is 4.41. The van der Waals surface area contributed by atoms with E-state index in [9.17, 15) is 5.11 Å². The van der Waals surface area contributed by atoms with Crippen LogP contribution in [-0.4, -0.2) is 5.11 Å². The van der Waals surface area contributed by atoms with Gasteiger partial charge in [0.05, 0.1) is 17.2 Å². The smallest absolute Gasteiger partial charge is 0.120 e. The van der Waals surface area contributed by atoms with Crippen molar-refractivity contribution in [3.63, 3.8) is 0 Å². The monoisotopic (exact) mass is 263 g/mol. The second kappa shape index (κ2) is 5.77. The van der Waals surface area contributed by atoms with Gasteiger partial charge in [0.25, 0.3) is 0 Å². The predicted octanol–water partition coefficient (Wildman–Crippen LogP) is 3.31. The van der Waals surface area contributed by atoms with Gasteiger partial charge in [-0.05, 0) is 31.2 Å². The number of aromatic hydroxyl groups is 1. The number of nitriles is 2. The van der Waals surface area contributed by atoms with Gasteiger partial charge in [-0.15, -0.1) is 0 Å². The van der Waals surface area contributed by atoms with Gasteiger partial charge in [-0.25, -0.2) is 0 Å². The summed E-state index contributed by atoms with van der Waals surface area (Å²) < 4.78 is 0. The van der Waals surface area contributed by atoms with E-state index in [1.165, 1.54) is 0 Å². The molecule has 2 aromatic rings. The largest absolute Gasteiger partial charge is 0.508 e. The third-order valence-corrected chi connectivity index (χ3v) is 3.05. The summed E-state index contributed by atoms with van der Waals surface area (Å²) in [5.74, 6) is 0.224. The van der Waals surface area contributed by atoms with E-state index >= 15 is 0 Å². The van der Waals surface area contributed by atoms with Crippen LogP contribution in [0.5, 0.6) is 5.75 Å². The minimum atomic E-state index is -0.115. The standard InChI is InChI=1S/C16H13N3O/c1-11(15-4-2-3-5-16(15)20)19-14-7-6-12(9-17)13(8-14)10-18/h2-8,11,19-20H,1H3. The van der Waals surface area contributed by atoms with Crippen LogP contribution in [0.15, 0.2) is 42.5 Å². The Kier molecular flexibility index (Phi) is 3.88. The van der Waals surface area contributed by atoms with E-state index in [-0.39, 0.29) is 11.8 Å². The van der Waals surface area contributed by atoms with Crippen molar-refractivity contribution in [1.82, 2.24) is 0 Å². The highest BCUT2D eigenvalue weighted by Crippen LogP contribution is 2.27. The van der Waals surface area contributed by atoms with Crippen molar-refractivity contribution >= 4 is 5.69 Å². The lowest BCUT2D eigenvalue weighted by atomic mass is 10.1. The number of phenolic OH excluding ortho intramolecular Hbond substituents is 1. The molecular formula is C16H13N3O. The van der Waals surface area contributed by atoms with Crippen LogP contribution in [-0.2, 0) is 0 Å². The molecule has 4 nitrogen and oxygen atoms in total. The van der Waals surface area contributed by atoms with Crippen molar-refractivity contribution in [3.05, 3.63) is 59.2 Å². The molecule has 0 heterocycles. The number of hydrogen-bond acceptors (Lipinski definition) is 4. The first-order chi connectivity index (χ1) is 9.65. The zero-order valence-corrected chi connectivity index (χ0v) is 11.0. The number of nitrogens with one attached hydrogen (secondary N) is 1. The van der Waals surface area contributed by atoms with Gasteiger partial charge < -0.3 is 10.4 Å². The average Bonchev–Trinajstić information content (AvgIpc) is 2.47. The quantitative estimate of drug-likeness (QED) is 0.890. The maximum atomic E-state index is 9.81. The molecule has 1 atom stereocenters. The normalized spacial score (nSPS) is 11.2. The van der Waals surface area contributed by atoms with E-state index in [1.807, 2.05) is 31.2 Å². The third-order valence-electron chi connectivity index (χ3n) is 3.05. The second-order valence-electron chi connectivity index (χ2n) is 4.41. The van der Waals surface area contributed by atoms with E-state index in [0.717, 1.165) is 11.3 Å². The molecule has 0 aliphatic carbocycles. The van der Waals surface area contributed by atoms with Gasteiger partial charge in [0.1, 0.15) is 17.9 Å². The van der Waals surface area contributed by atoms with E-state index in [4.69, 9.17) is 10.5 Å². The van der Waals surface area contributed by atoms with Crippen molar-refractivity contribution in [2.45, 2.75) is 13.0 Å². The summed E-state index contributed by atoms with van der Waals surface area (Å²) in [7, 11) is 0. The Morgan fingerprint density at radius 1 is 1.05 bits per heavy atom. The van der Waals surface area contributed by atoms with Gasteiger partial charge in [0, 0.05) is 11.3 Å². The van der Waals surface area contributed by atoms with E-state index in [2.05, 4.69) is 5.32 Å². The fourth-order valence-electron chi connectivity index (χ4n) is 2.01. The SMILES string of the molecule is CC(Nc1ccc(C#N)c(C#N)c1)c1ccccc1O. The van der Waals surface area contributed by atoms with Crippen LogP contribution in [0.25, 0.3) is 0 Å². The van der Waals surface area contributed by atoms with Crippen LogP contribution < -0.4 is 5.32 Å². The number of para-hydroxylation sites is 1. The Hall–Kier alpha value is -2.98. The molecule has 2 rings (SSSR count). The van der Waals surface area contributed by atoms with Gasteiger partial charge in [0.15, 0.2) is 0 Å². The molecule has 0 saturated carbocycles. The molecule has 0 aliphatic rings. The van der Waals surface area contributed by atoms with E-state index < -0.39 is 0 Å². The Morgan fingerprint density at radius 3 is 2.40 bits per heavy atom. The number of hydrogen-bond donors (Lipinski definition) is 2. The van der Waals surface area contributed by atoms with Gasteiger partial charge >= 0.3 is 0 Å². The third kappa shape index (κ3) is 2.71. The van der Waals surface area contributed by atoms with E-state index in [0.29, 0.717) is 11.1 Å². The average molecular weight is 263 g/mol. The fraction of sp³-hybridized carbons (Fsp3) is 0.125. The summed E-state index contributed by atoms with van der Waals surface area (Å²) in [5.41, 5.74) is 2.20. The van der Waals surface area contributed by atoms with Crippen molar-refractivity contribution < 1.29 is 5.11 Å². The molecule has 1 unspecified atom stereocenters. The van der Waals surface area contributed by atoms with Crippen LogP contribution in [0.4, 0.5) is 5.69 Å². The highest BCUT2D eigenvalue weighted by molar-refractivity contribution is 5.57. The minimum Gasteiger partial charge on any atom is -0.508 e. The first-order valence-corrected chi connectivity index (χ1v) is 6.14. The molecule has 0 spiro atoms. The van der Waals surface area contributed by atoms with Crippen LogP contribution in [0.2, 0.25) is 0 Å². The fourth-order valence-corrected chi connectivity index (χ4v) is 2.01. The Balaban J connectivity index is 2.25. The summed E-state index contributed by atoms with van der Waals surface area (Å²) in [6.45, 7) is 1.92. The molecule has 4 heteroatoms. The molecule has 20 heavy (non-hydrogen) atoms. The van der Waals surface area contributed by atoms with Crippen LogP contribution in [0, 0.1) is 22.7 Å². The van der Waals surface area contributed by atoms with Crippen LogP contribution in [0.3, 0.4) is 0 Å². The van der Waals surface area contributed by atoms with Crippen LogP contribution >= 0.6 is 0 Å². The Bertz CT molecular complexity index is 710. The molecule has 0 radical (unpaired) electrons. The number of anilines is 1. The molecule has 2 aromatic carbocycles. The summed E-state index contributed by atoms with van der Waals surface area (Å²) in [6.07, 6.45) is 0. The van der Waals surface area contributed by atoms with Gasteiger partial charge in [0.2, 0.25) is 0 Å².